The molecule has 1 saturated heterocycles. The van der Waals surface area contributed by atoms with E-state index in [4.69, 9.17) is 16.3 Å². The Bertz CT molecular complexity index is 427. The van der Waals surface area contributed by atoms with Crippen molar-refractivity contribution in [3.8, 4) is 0 Å². The van der Waals surface area contributed by atoms with E-state index < -0.39 is 0 Å². The Morgan fingerprint density at radius 2 is 2.32 bits per heavy atom. The number of benzene rings is 1. The molecule has 1 N–H and O–H groups in total. The number of likely N-dealkylation sites (N-methyl/N-ethyl adjacent to an activating group) is 1. The Morgan fingerprint density at radius 3 is 2.89 bits per heavy atom. The highest BCUT2D eigenvalue weighted by atomic mass is 35.5. The van der Waals surface area contributed by atoms with E-state index in [1.165, 1.54) is 6.07 Å². The summed E-state index contributed by atoms with van der Waals surface area (Å²) < 4.78 is 19.5. The molecule has 4 heteroatoms. The van der Waals surface area contributed by atoms with Crippen molar-refractivity contribution >= 4 is 11.6 Å². The van der Waals surface area contributed by atoms with E-state index in [1.54, 1.807) is 12.1 Å². The molecule has 2 nitrogen and oxygen atoms in total. The van der Waals surface area contributed by atoms with E-state index >= 15 is 0 Å². The van der Waals surface area contributed by atoms with Crippen LogP contribution in [0.3, 0.4) is 0 Å². The van der Waals surface area contributed by atoms with Gasteiger partial charge in [-0.15, -0.1) is 0 Å². The fourth-order valence-electron chi connectivity index (χ4n) is 2.72. The van der Waals surface area contributed by atoms with E-state index in [0.717, 1.165) is 25.1 Å². The molecule has 1 fully saturated rings. The van der Waals surface area contributed by atoms with Crippen LogP contribution in [-0.4, -0.2) is 25.3 Å². The smallest absolute Gasteiger partial charge is 0.127 e. The monoisotopic (exact) mass is 285 g/mol. The summed E-state index contributed by atoms with van der Waals surface area (Å²) in [5.41, 5.74) is 0.718. The Kier molecular flexibility index (Phi) is 5.20. The maximum absolute atomic E-state index is 13.9. The summed E-state index contributed by atoms with van der Waals surface area (Å²) >= 11 is 5.79. The fourth-order valence-corrected chi connectivity index (χ4v) is 2.88. The Labute approximate surface area is 119 Å². The van der Waals surface area contributed by atoms with Crippen LogP contribution in [0.5, 0.6) is 0 Å². The van der Waals surface area contributed by atoms with E-state index in [0.29, 0.717) is 23.5 Å². The highest BCUT2D eigenvalue weighted by Crippen LogP contribution is 2.25. The van der Waals surface area contributed by atoms with Gasteiger partial charge in [0.2, 0.25) is 0 Å². The summed E-state index contributed by atoms with van der Waals surface area (Å²) in [5, 5.41) is 3.90. The van der Waals surface area contributed by atoms with Crippen molar-refractivity contribution < 1.29 is 9.13 Å². The molecule has 0 spiro atoms. The van der Waals surface area contributed by atoms with Gasteiger partial charge < -0.3 is 10.1 Å². The van der Waals surface area contributed by atoms with Crippen LogP contribution in [0.15, 0.2) is 18.2 Å². The first-order chi connectivity index (χ1) is 9.10. The van der Waals surface area contributed by atoms with Gasteiger partial charge in [-0.25, -0.2) is 4.39 Å². The molecule has 0 bridgehead atoms. The number of halogens is 2. The predicted octanol–water partition coefficient (Wildman–Crippen LogP) is 3.42. The molecule has 2 rings (SSSR count). The van der Waals surface area contributed by atoms with Gasteiger partial charge in [0, 0.05) is 17.0 Å². The standard InChI is InChI=1S/C15H21ClFNO/c1-3-18-15(12-6-10(2)19-9-12)7-11-4-5-13(16)8-14(11)17/h4-5,8,10,12,15,18H,3,6-7,9H2,1-2H3. The van der Waals surface area contributed by atoms with Crippen molar-refractivity contribution in [2.75, 3.05) is 13.2 Å². The van der Waals surface area contributed by atoms with Crippen molar-refractivity contribution in [2.45, 2.75) is 38.8 Å². The van der Waals surface area contributed by atoms with Crippen LogP contribution in [-0.2, 0) is 11.2 Å². The molecule has 1 aliphatic heterocycles. The number of hydrogen-bond acceptors (Lipinski definition) is 2. The largest absolute Gasteiger partial charge is 0.378 e. The lowest BCUT2D eigenvalue weighted by molar-refractivity contribution is 0.117. The predicted molar refractivity (Wildman–Crippen MR) is 76.1 cm³/mol. The van der Waals surface area contributed by atoms with Gasteiger partial charge in [0.05, 0.1) is 12.7 Å². The minimum Gasteiger partial charge on any atom is -0.378 e. The molecule has 19 heavy (non-hydrogen) atoms. The number of hydrogen-bond donors (Lipinski definition) is 1. The third kappa shape index (κ3) is 3.91. The molecule has 1 aromatic carbocycles. The second-order valence-electron chi connectivity index (χ2n) is 5.24. The van der Waals surface area contributed by atoms with Crippen LogP contribution < -0.4 is 5.32 Å². The van der Waals surface area contributed by atoms with Gasteiger partial charge in [-0.3, -0.25) is 0 Å². The Hall–Kier alpha value is -0.640. The quantitative estimate of drug-likeness (QED) is 0.895. The normalized spacial score (nSPS) is 24.6. The SMILES string of the molecule is CCNC(Cc1ccc(Cl)cc1F)C1COC(C)C1. The molecule has 0 amide bonds. The highest BCUT2D eigenvalue weighted by Gasteiger charge is 2.29. The second kappa shape index (κ2) is 6.69. The van der Waals surface area contributed by atoms with Crippen LogP contribution in [0.25, 0.3) is 0 Å². The highest BCUT2D eigenvalue weighted by molar-refractivity contribution is 6.30. The lowest BCUT2D eigenvalue weighted by Gasteiger charge is -2.23. The Balaban J connectivity index is 2.07. The summed E-state index contributed by atoms with van der Waals surface area (Å²) in [5.74, 6) is 0.229. The summed E-state index contributed by atoms with van der Waals surface area (Å²) in [6.45, 7) is 5.80. The average Bonchev–Trinajstić information content (AvgIpc) is 2.78. The summed E-state index contributed by atoms with van der Waals surface area (Å²) in [7, 11) is 0. The van der Waals surface area contributed by atoms with Crippen LogP contribution in [0, 0.1) is 11.7 Å². The number of rotatable bonds is 5. The molecule has 3 unspecified atom stereocenters. The van der Waals surface area contributed by atoms with Gasteiger partial charge in [0.25, 0.3) is 0 Å². The lowest BCUT2D eigenvalue weighted by atomic mass is 9.91. The topological polar surface area (TPSA) is 21.3 Å². The zero-order valence-electron chi connectivity index (χ0n) is 11.5. The third-order valence-electron chi connectivity index (χ3n) is 3.72. The molecule has 0 radical (unpaired) electrons. The van der Waals surface area contributed by atoms with Crippen LogP contribution >= 0.6 is 11.6 Å². The van der Waals surface area contributed by atoms with Crippen molar-refractivity contribution in [1.82, 2.24) is 5.32 Å². The first-order valence-corrected chi connectivity index (χ1v) is 7.26. The van der Waals surface area contributed by atoms with Crippen molar-refractivity contribution in [2.24, 2.45) is 5.92 Å². The number of nitrogens with one attached hydrogen (secondary N) is 1. The lowest BCUT2D eigenvalue weighted by Crippen LogP contribution is -2.38. The zero-order chi connectivity index (χ0) is 13.8. The van der Waals surface area contributed by atoms with Crippen molar-refractivity contribution in [3.05, 3.63) is 34.6 Å². The molecule has 1 aliphatic rings. The first kappa shape index (κ1) is 14.8. The molecule has 1 aromatic rings. The molecule has 0 aliphatic carbocycles. The molecule has 3 atom stereocenters. The molecular formula is C15H21ClFNO. The summed E-state index contributed by atoms with van der Waals surface area (Å²) in [6, 6.07) is 5.16. The summed E-state index contributed by atoms with van der Waals surface area (Å²) in [6.07, 6.45) is 2.02. The van der Waals surface area contributed by atoms with Crippen LogP contribution in [0.2, 0.25) is 5.02 Å². The van der Waals surface area contributed by atoms with Gasteiger partial charge in [-0.05, 0) is 44.0 Å². The maximum Gasteiger partial charge on any atom is 0.127 e. The minimum atomic E-state index is -0.220. The molecule has 1 heterocycles. The zero-order valence-corrected chi connectivity index (χ0v) is 12.2. The van der Waals surface area contributed by atoms with Gasteiger partial charge in [-0.1, -0.05) is 24.6 Å². The van der Waals surface area contributed by atoms with Gasteiger partial charge in [0.1, 0.15) is 5.82 Å². The van der Waals surface area contributed by atoms with E-state index in [9.17, 15) is 4.39 Å². The second-order valence-corrected chi connectivity index (χ2v) is 5.68. The Morgan fingerprint density at radius 1 is 1.53 bits per heavy atom. The molecule has 106 valence electrons. The molecular weight excluding hydrogens is 265 g/mol. The van der Waals surface area contributed by atoms with Gasteiger partial charge >= 0.3 is 0 Å². The molecule has 0 saturated carbocycles. The van der Waals surface area contributed by atoms with Crippen LogP contribution in [0.4, 0.5) is 4.39 Å². The van der Waals surface area contributed by atoms with Crippen molar-refractivity contribution in [1.29, 1.82) is 0 Å². The first-order valence-electron chi connectivity index (χ1n) is 6.89. The van der Waals surface area contributed by atoms with Gasteiger partial charge in [0.15, 0.2) is 0 Å². The van der Waals surface area contributed by atoms with Crippen molar-refractivity contribution in [3.63, 3.8) is 0 Å². The average molecular weight is 286 g/mol. The third-order valence-corrected chi connectivity index (χ3v) is 3.95. The van der Waals surface area contributed by atoms with E-state index in [1.807, 2.05) is 0 Å². The van der Waals surface area contributed by atoms with E-state index in [2.05, 4.69) is 19.2 Å². The van der Waals surface area contributed by atoms with E-state index in [-0.39, 0.29) is 11.9 Å². The summed E-state index contributed by atoms with van der Waals surface area (Å²) in [4.78, 5) is 0. The maximum atomic E-state index is 13.9. The fraction of sp³-hybridized carbons (Fsp3) is 0.600. The molecule has 0 aromatic heterocycles. The van der Waals surface area contributed by atoms with Crippen LogP contribution in [0.1, 0.15) is 25.8 Å². The minimum absolute atomic E-state index is 0.220. The number of ether oxygens (including phenoxy) is 1. The van der Waals surface area contributed by atoms with Gasteiger partial charge in [-0.2, -0.15) is 0 Å².